The van der Waals surface area contributed by atoms with Crippen molar-refractivity contribution >= 4 is 17.7 Å². The van der Waals surface area contributed by atoms with Crippen molar-refractivity contribution in [1.29, 1.82) is 0 Å². The fraction of sp³-hybridized carbons (Fsp3) is 0.273. The van der Waals surface area contributed by atoms with Crippen molar-refractivity contribution in [1.82, 2.24) is 15.0 Å². The maximum absolute atomic E-state index is 10.9. The first-order chi connectivity index (χ1) is 9.06. The van der Waals surface area contributed by atoms with E-state index in [2.05, 4.69) is 20.3 Å². The first kappa shape index (κ1) is 12.8. The molecule has 0 aliphatic carbocycles. The van der Waals surface area contributed by atoms with Crippen molar-refractivity contribution in [3.8, 4) is 0 Å². The molecule has 2 aromatic heterocycles. The van der Waals surface area contributed by atoms with Gasteiger partial charge in [0.1, 0.15) is 12.1 Å². The highest BCUT2D eigenvalue weighted by Gasteiger charge is 2.08. The number of oxazole rings is 1. The smallest absolute Gasteiger partial charge is 0.270 e. The zero-order valence-electron chi connectivity index (χ0n) is 10.6. The van der Waals surface area contributed by atoms with Gasteiger partial charge in [-0.3, -0.25) is 4.79 Å². The number of nitrogens with two attached hydrogens (primary N) is 1. The van der Waals surface area contributed by atoms with Gasteiger partial charge < -0.3 is 20.4 Å². The number of hydrogen-bond donors (Lipinski definition) is 2. The maximum atomic E-state index is 10.9. The molecule has 1 amide bonds. The molecule has 0 bridgehead atoms. The van der Waals surface area contributed by atoms with Gasteiger partial charge in [-0.25, -0.2) is 9.97 Å². The maximum Gasteiger partial charge on any atom is 0.270 e. The Balaban J connectivity index is 2.01. The van der Waals surface area contributed by atoms with Gasteiger partial charge >= 0.3 is 0 Å². The molecule has 0 unspecified atom stereocenters. The lowest BCUT2D eigenvalue weighted by molar-refractivity contribution is 0.0995. The number of anilines is 2. The predicted octanol–water partition coefficient (Wildman–Crippen LogP) is 0.242. The largest absolute Gasteiger partial charge is 0.446 e. The highest BCUT2D eigenvalue weighted by molar-refractivity contribution is 5.90. The Labute approximate surface area is 109 Å². The lowest BCUT2D eigenvalue weighted by Gasteiger charge is -2.10. The summed E-state index contributed by atoms with van der Waals surface area (Å²) in [7, 11) is 3.71. The second-order valence-corrected chi connectivity index (χ2v) is 3.98. The van der Waals surface area contributed by atoms with Gasteiger partial charge in [-0.15, -0.1) is 0 Å². The van der Waals surface area contributed by atoms with Gasteiger partial charge in [0.05, 0.1) is 6.54 Å². The van der Waals surface area contributed by atoms with E-state index < -0.39 is 5.91 Å². The average Bonchev–Trinajstić information content (AvgIpc) is 2.85. The second-order valence-electron chi connectivity index (χ2n) is 3.98. The van der Waals surface area contributed by atoms with Crippen LogP contribution in [0.5, 0.6) is 0 Å². The number of carbonyl (C=O) groups is 1. The molecule has 0 aromatic carbocycles. The van der Waals surface area contributed by atoms with Crippen LogP contribution in [0.15, 0.2) is 22.9 Å². The van der Waals surface area contributed by atoms with E-state index in [1.165, 1.54) is 6.26 Å². The van der Waals surface area contributed by atoms with Crippen molar-refractivity contribution in [2.24, 2.45) is 5.73 Å². The van der Waals surface area contributed by atoms with Gasteiger partial charge in [0.25, 0.3) is 5.91 Å². The van der Waals surface area contributed by atoms with E-state index in [1.54, 1.807) is 17.2 Å². The summed E-state index contributed by atoms with van der Waals surface area (Å²) in [4.78, 5) is 24.9. The van der Waals surface area contributed by atoms with Gasteiger partial charge in [0, 0.05) is 20.3 Å². The molecule has 100 valence electrons. The van der Waals surface area contributed by atoms with Crippen molar-refractivity contribution in [3.05, 3.63) is 30.1 Å². The standard InChI is InChI=1S/C11H14N6O2/c1-17(2)11-13-4-3-8(16-11)14-5-9-15-7(6-19-9)10(12)18/h3-4,6H,5H2,1-2H3,(H2,12,18)(H,13,14,16). The van der Waals surface area contributed by atoms with Crippen LogP contribution in [0.25, 0.3) is 0 Å². The van der Waals surface area contributed by atoms with Crippen LogP contribution in [0.2, 0.25) is 0 Å². The fourth-order valence-electron chi connectivity index (χ4n) is 1.33. The molecular weight excluding hydrogens is 248 g/mol. The third-order valence-electron chi connectivity index (χ3n) is 2.27. The SMILES string of the molecule is CN(C)c1nccc(NCc2nc(C(N)=O)co2)n1. The van der Waals surface area contributed by atoms with E-state index in [0.717, 1.165) is 0 Å². The predicted molar refractivity (Wildman–Crippen MR) is 68.7 cm³/mol. The molecular formula is C11H14N6O2. The normalized spacial score (nSPS) is 10.2. The first-order valence-corrected chi connectivity index (χ1v) is 5.54. The molecule has 0 aliphatic rings. The molecule has 3 N–H and O–H groups in total. The van der Waals surface area contributed by atoms with Gasteiger partial charge in [0.15, 0.2) is 5.69 Å². The number of amides is 1. The summed E-state index contributed by atoms with van der Waals surface area (Å²) in [5, 5.41) is 3.02. The summed E-state index contributed by atoms with van der Waals surface area (Å²) >= 11 is 0. The zero-order valence-corrected chi connectivity index (χ0v) is 10.6. The third-order valence-corrected chi connectivity index (χ3v) is 2.27. The molecule has 0 radical (unpaired) electrons. The lowest BCUT2D eigenvalue weighted by Crippen LogP contribution is -2.14. The first-order valence-electron chi connectivity index (χ1n) is 5.54. The number of rotatable bonds is 5. The fourth-order valence-corrected chi connectivity index (χ4v) is 1.33. The van der Waals surface area contributed by atoms with Crippen molar-refractivity contribution in [3.63, 3.8) is 0 Å². The topological polar surface area (TPSA) is 110 Å². The summed E-state index contributed by atoms with van der Waals surface area (Å²) in [6.45, 7) is 0.303. The third kappa shape index (κ3) is 3.18. The summed E-state index contributed by atoms with van der Waals surface area (Å²) in [6.07, 6.45) is 2.87. The van der Waals surface area contributed by atoms with Crippen LogP contribution in [-0.4, -0.2) is 35.0 Å². The molecule has 0 saturated heterocycles. The molecule has 8 heteroatoms. The van der Waals surface area contributed by atoms with Crippen LogP contribution in [0, 0.1) is 0 Å². The van der Waals surface area contributed by atoms with Crippen LogP contribution in [0.3, 0.4) is 0 Å². The average molecular weight is 262 g/mol. The Bertz CT molecular complexity index is 580. The molecule has 2 heterocycles. The summed E-state index contributed by atoms with van der Waals surface area (Å²) in [5.41, 5.74) is 5.18. The quantitative estimate of drug-likeness (QED) is 0.794. The molecule has 8 nitrogen and oxygen atoms in total. The minimum absolute atomic E-state index is 0.105. The number of carbonyl (C=O) groups excluding carboxylic acids is 1. The number of hydrogen-bond acceptors (Lipinski definition) is 7. The van der Waals surface area contributed by atoms with Crippen LogP contribution in [0.4, 0.5) is 11.8 Å². The monoisotopic (exact) mass is 262 g/mol. The van der Waals surface area contributed by atoms with E-state index in [-0.39, 0.29) is 5.69 Å². The number of primary amides is 1. The molecule has 2 aromatic rings. The van der Waals surface area contributed by atoms with E-state index in [0.29, 0.717) is 24.2 Å². The number of aromatic nitrogens is 3. The molecule has 0 saturated carbocycles. The minimum Gasteiger partial charge on any atom is -0.446 e. The Morgan fingerprint density at radius 2 is 2.26 bits per heavy atom. The van der Waals surface area contributed by atoms with Crippen molar-refractivity contribution < 1.29 is 9.21 Å². The van der Waals surface area contributed by atoms with E-state index in [9.17, 15) is 4.79 Å². The minimum atomic E-state index is -0.619. The summed E-state index contributed by atoms with van der Waals surface area (Å²) in [6, 6.07) is 1.73. The van der Waals surface area contributed by atoms with Gasteiger partial charge in [-0.2, -0.15) is 4.98 Å². The number of nitrogens with one attached hydrogen (secondary N) is 1. The van der Waals surface area contributed by atoms with Gasteiger partial charge in [0.2, 0.25) is 11.8 Å². The Hall–Kier alpha value is -2.64. The van der Waals surface area contributed by atoms with Crippen LogP contribution in [-0.2, 0) is 6.54 Å². The Morgan fingerprint density at radius 3 is 2.89 bits per heavy atom. The van der Waals surface area contributed by atoms with E-state index >= 15 is 0 Å². The van der Waals surface area contributed by atoms with Gasteiger partial charge in [-0.1, -0.05) is 0 Å². The van der Waals surface area contributed by atoms with Gasteiger partial charge in [-0.05, 0) is 6.07 Å². The van der Waals surface area contributed by atoms with Crippen LogP contribution < -0.4 is 16.0 Å². The zero-order chi connectivity index (χ0) is 13.8. The Kier molecular flexibility index (Phi) is 3.60. The molecule has 2 rings (SSSR count). The van der Waals surface area contributed by atoms with E-state index in [4.69, 9.17) is 10.2 Å². The molecule has 0 fully saturated rings. The highest BCUT2D eigenvalue weighted by atomic mass is 16.3. The molecule has 19 heavy (non-hydrogen) atoms. The lowest BCUT2D eigenvalue weighted by atomic mass is 10.5. The number of nitrogens with zero attached hydrogens (tertiary/aromatic N) is 4. The highest BCUT2D eigenvalue weighted by Crippen LogP contribution is 2.09. The molecule has 0 atom stereocenters. The van der Waals surface area contributed by atoms with Crippen LogP contribution >= 0.6 is 0 Å². The molecule has 0 aliphatic heterocycles. The summed E-state index contributed by atoms with van der Waals surface area (Å²) in [5.74, 6) is 0.971. The van der Waals surface area contributed by atoms with Crippen molar-refractivity contribution in [2.75, 3.05) is 24.3 Å². The second kappa shape index (κ2) is 5.34. The van der Waals surface area contributed by atoms with E-state index in [1.807, 2.05) is 14.1 Å². The van der Waals surface area contributed by atoms with Crippen molar-refractivity contribution in [2.45, 2.75) is 6.54 Å². The van der Waals surface area contributed by atoms with Crippen LogP contribution in [0.1, 0.15) is 16.4 Å². The Morgan fingerprint density at radius 1 is 1.47 bits per heavy atom. The molecule has 0 spiro atoms. The summed E-state index contributed by atoms with van der Waals surface area (Å²) < 4.78 is 5.10.